The number of carbonyl (C=O) groups excluding carboxylic acids is 1. The number of thioether (sulfide) groups is 1. The summed E-state index contributed by atoms with van der Waals surface area (Å²) in [7, 11) is 0. The molecule has 1 N–H and O–H groups in total. The summed E-state index contributed by atoms with van der Waals surface area (Å²) in [6, 6.07) is 18.0. The molecule has 0 fully saturated rings. The Balaban J connectivity index is 1.64. The van der Waals surface area contributed by atoms with E-state index in [0.29, 0.717) is 12.3 Å². The molecule has 0 spiro atoms. The number of aromatic nitrogens is 3. The summed E-state index contributed by atoms with van der Waals surface area (Å²) in [6.45, 7) is 4.70. The predicted octanol–water partition coefficient (Wildman–Crippen LogP) is 3.93. The van der Waals surface area contributed by atoms with Crippen LogP contribution in [0.1, 0.15) is 23.9 Å². The molecule has 0 saturated heterocycles. The first-order valence-electron chi connectivity index (χ1n) is 8.61. The van der Waals surface area contributed by atoms with Crippen LogP contribution in [-0.4, -0.2) is 26.4 Å². The average molecular weight is 366 g/mol. The van der Waals surface area contributed by atoms with Gasteiger partial charge in [0.1, 0.15) is 5.82 Å². The highest BCUT2D eigenvalue weighted by Crippen LogP contribution is 2.20. The summed E-state index contributed by atoms with van der Waals surface area (Å²) in [4.78, 5) is 12.3. The number of para-hydroxylation sites is 1. The number of rotatable bonds is 7. The topological polar surface area (TPSA) is 59.8 Å². The molecule has 26 heavy (non-hydrogen) atoms. The van der Waals surface area contributed by atoms with Gasteiger partial charge in [0.2, 0.25) is 5.91 Å². The second-order valence-electron chi connectivity index (χ2n) is 5.95. The Hall–Kier alpha value is -2.60. The number of nitrogens with zero attached hydrogens (tertiary/aromatic N) is 3. The van der Waals surface area contributed by atoms with Gasteiger partial charge < -0.3 is 9.88 Å². The lowest BCUT2D eigenvalue weighted by Crippen LogP contribution is -2.16. The third-order valence-electron chi connectivity index (χ3n) is 4.09. The van der Waals surface area contributed by atoms with Crippen LogP contribution in [0, 0.1) is 6.92 Å². The van der Waals surface area contributed by atoms with Crippen molar-refractivity contribution in [2.24, 2.45) is 0 Å². The van der Waals surface area contributed by atoms with Gasteiger partial charge in [-0.15, -0.1) is 10.2 Å². The van der Waals surface area contributed by atoms with Crippen molar-refractivity contribution in [3.05, 3.63) is 71.5 Å². The third-order valence-corrected chi connectivity index (χ3v) is 5.06. The summed E-state index contributed by atoms with van der Waals surface area (Å²) < 4.78 is 2.03. The van der Waals surface area contributed by atoms with Crippen LogP contribution < -0.4 is 5.32 Å². The number of benzene rings is 2. The number of anilines is 1. The fourth-order valence-electron chi connectivity index (χ4n) is 2.68. The molecule has 0 aliphatic heterocycles. The van der Waals surface area contributed by atoms with Crippen LogP contribution in [-0.2, 0) is 17.8 Å². The SMILES string of the molecule is CCc1ccccc1NC(=O)CSc1nnc(C)n1Cc1ccccc1. The van der Waals surface area contributed by atoms with Crippen LogP contribution in [0.25, 0.3) is 0 Å². The Morgan fingerprint density at radius 3 is 2.58 bits per heavy atom. The molecule has 0 aliphatic rings. The maximum Gasteiger partial charge on any atom is 0.234 e. The van der Waals surface area contributed by atoms with E-state index >= 15 is 0 Å². The highest BCUT2D eigenvalue weighted by Gasteiger charge is 2.13. The first kappa shape index (κ1) is 18.2. The molecular weight excluding hydrogens is 344 g/mol. The molecule has 1 heterocycles. The van der Waals surface area contributed by atoms with Gasteiger partial charge in [0.25, 0.3) is 0 Å². The monoisotopic (exact) mass is 366 g/mol. The van der Waals surface area contributed by atoms with E-state index in [1.807, 2.05) is 54.0 Å². The molecule has 0 radical (unpaired) electrons. The van der Waals surface area contributed by atoms with E-state index in [2.05, 4.69) is 34.6 Å². The van der Waals surface area contributed by atoms with Gasteiger partial charge in [0.15, 0.2) is 5.16 Å². The molecule has 0 atom stereocenters. The predicted molar refractivity (Wildman–Crippen MR) is 105 cm³/mol. The molecule has 0 saturated carbocycles. The normalized spacial score (nSPS) is 10.7. The van der Waals surface area contributed by atoms with Crippen LogP contribution in [0.3, 0.4) is 0 Å². The molecular formula is C20H22N4OS. The van der Waals surface area contributed by atoms with E-state index in [-0.39, 0.29) is 5.91 Å². The van der Waals surface area contributed by atoms with Gasteiger partial charge in [-0.25, -0.2) is 0 Å². The number of aryl methyl sites for hydroxylation is 2. The van der Waals surface area contributed by atoms with Crippen molar-refractivity contribution in [1.29, 1.82) is 0 Å². The highest BCUT2D eigenvalue weighted by molar-refractivity contribution is 7.99. The number of hydrogen-bond acceptors (Lipinski definition) is 4. The quantitative estimate of drug-likeness (QED) is 0.644. The minimum Gasteiger partial charge on any atom is -0.325 e. The van der Waals surface area contributed by atoms with E-state index in [1.54, 1.807) is 0 Å². The summed E-state index contributed by atoms with van der Waals surface area (Å²) in [5, 5.41) is 12.1. The van der Waals surface area contributed by atoms with E-state index in [9.17, 15) is 4.79 Å². The Bertz CT molecular complexity index is 877. The van der Waals surface area contributed by atoms with Crippen LogP contribution in [0.4, 0.5) is 5.69 Å². The first-order valence-corrected chi connectivity index (χ1v) is 9.60. The number of amides is 1. The Labute approximate surface area is 157 Å². The van der Waals surface area contributed by atoms with Gasteiger partial charge in [0, 0.05) is 5.69 Å². The van der Waals surface area contributed by atoms with E-state index < -0.39 is 0 Å². The maximum atomic E-state index is 12.3. The second kappa shape index (κ2) is 8.67. The van der Waals surface area contributed by atoms with Crippen molar-refractivity contribution in [2.45, 2.75) is 32.0 Å². The van der Waals surface area contributed by atoms with Crippen LogP contribution in [0.5, 0.6) is 0 Å². The fourth-order valence-corrected chi connectivity index (χ4v) is 3.47. The second-order valence-corrected chi connectivity index (χ2v) is 6.89. The molecule has 3 rings (SSSR count). The maximum absolute atomic E-state index is 12.3. The zero-order valence-electron chi connectivity index (χ0n) is 15.0. The summed E-state index contributed by atoms with van der Waals surface area (Å²) in [5.41, 5.74) is 3.19. The molecule has 0 aliphatic carbocycles. The summed E-state index contributed by atoms with van der Waals surface area (Å²) in [5.74, 6) is 1.10. The van der Waals surface area contributed by atoms with Crippen molar-refractivity contribution in [1.82, 2.24) is 14.8 Å². The van der Waals surface area contributed by atoms with Crippen molar-refractivity contribution < 1.29 is 4.79 Å². The minimum absolute atomic E-state index is 0.0391. The van der Waals surface area contributed by atoms with Crippen molar-refractivity contribution in [3.63, 3.8) is 0 Å². The molecule has 6 heteroatoms. The van der Waals surface area contributed by atoms with Crippen LogP contribution in [0.15, 0.2) is 59.8 Å². The van der Waals surface area contributed by atoms with Crippen LogP contribution >= 0.6 is 11.8 Å². The van der Waals surface area contributed by atoms with E-state index in [1.165, 1.54) is 17.3 Å². The lowest BCUT2D eigenvalue weighted by Gasteiger charge is -2.10. The molecule has 3 aromatic rings. The van der Waals surface area contributed by atoms with Gasteiger partial charge in [-0.05, 0) is 30.5 Å². The van der Waals surface area contributed by atoms with Gasteiger partial charge in [-0.1, -0.05) is 67.2 Å². The molecule has 2 aromatic carbocycles. The van der Waals surface area contributed by atoms with Gasteiger partial charge in [-0.3, -0.25) is 4.79 Å². The Kier molecular flexibility index (Phi) is 6.07. The lowest BCUT2D eigenvalue weighted by molar-refractivity contribution is -0.113. The van der Waals surface area contributed by atoms with Crippen molar-refractivity contribution in [2.75, 3.05) is 11.1 Å². The standard InChI is InChI=1S/C20H22N4OS/c1-3-17-11-7-8-12-18(17)21-19(25)14-26-20-23-22-15(2)24(20)13-16-9-5-4-6-10-16/h4-12H,3,13-14H2,1-2H3,(H,21,25). The van der Waals surface area contributed by atoms with E-state index in [0.717, 1.165) is 28.7 Å². The zero-order chi connectivity index (χ0) is 18.4. The molecule has 134 valence electrons. The Morgan fingerprint density at radius 2 is 1.81 bits per heavy atom. The third kappa shape index (κ3) is 4.52. The Morgan fingerprint density at radius 1 is 1.08 bits per heavy atom. The average Bonchev–Trinajstić information content (AvgIpc) is 3.01. The van der Waals surface area contributed by atoms with Gasteiger partial charge in [-0.2, -0.15) is 0 Å². The van der Waals surface area contributed by atoms with Crippen molar-refractivity contribution in [3.8, 4) is 0 Å². The van der Waals surface area contributed by atoms with Crippen LogP contribution in [0.2, 0.25) is 0 Å². The first-order chi connectivity index (χ1) is 12.7. The number of carbonyl (C=O) groups is 1. The largest absolute Gasteiger partial charge is 0.325 e. The molecule has 0 bridgehead atoms. The molecule has 1 aromatic heterocycles. The van der Waals surface area contributed by atoms with Gasteiger partial charge >= 0.3 is 0 Å². The minimum atomic E-state index is -0.0391. The molecule has 5 nitrogen and oxygen atoms in total. The van der Waals surface area contributed by atoms with Gasteiger partial charge in [0.05, 0.1) is 12.3 Å². The molecule has 0 unspecified atom stereocenters. The summed E-state index contributed by atoms with van der Waals surface area (Å²) in [6.07, 6.45) is 0.883. The summed E-state index contributed by atoms with van der Waals surface area (Å²) >= 11 is 1.41. The molecule has 1 amide bonds. The fraction of sp³-hybridized carbons (Fsp3) is 0.250. The number of hydrogen-bond donors (Lipinski definition) is 1. The van der Waals surface area contributed by atoms with E-state index in [4.69, 9.17) is 0 Å². The zero-order valence-corrected chi connectivity index (χ0v) is 15.8. The smallest absolute Gasteiger partial charge is 0.234 e. The lowest BCUT2D eigenvalue weighted by atomic mass is 10.1. The number of nitrogens with one attached hydrogen (secondary N) is 1. The van der Waals surface area contributed by atoms with Crippen molar-refractivity contribution >= 4 is 23.4 Å². The highest BCUT2D eigenvalue weighted by atomic mass is 32.2.